The third-order valence-corrected chi connectivity index (χ3v) is 3.64. The van der Waals surface area contributed by atoms with Crippen LogP contribution < -0.4 is 20.1 Å². The van der Waals surface area contributed by atoms with Gasteiger partial charge in [0.25, 0.3) is 5.91 Å². The van der Waals surface area contributed by atoms with Crippen LogP contribution in [0.2, 0.25) is 0 Å². The van der Waals surface area contributed by atoms with E-state index in [2.05, 4.69) is 26.6 Å². The first-order valence-corrected chi connectivity index (χ1v) is 7.84. The van der Waals surface area contributed by atoms with Crippen LogP contribution in [0, 0.1) is 0 Å². The van der Waals surface area contributed by atoms with Gasteiger partial charge >= 0.3 is 0 Å². The number of carbonyl (C=O) groups is 2. The van der Waals surface area contributed by atoms with E-state index in [-0.39, 0.29) is 11.8 Å². The maximum Gasteiger partial charge on any atom is 0.257 e. The molecule has 2 aromatic carbocycles. The highest BCUT2D eigenvalue weighted by atomic mass is 79.9. The summed E-state index contributed by atoms with van der Waals surface area (Å²) < 4.78 is 11.1. The monoisotopic (exact) mass is 392 g/mol. The molecule has 2 amide bonds. The molecule has 0 aliphatic heterocycles. The van der Waals surface area contributed by atoms with Crippen molar-refractivity contribution in [2.75, 3.05) is 24.9 Å². The molecule has 0 fully saturated rings. The van der Waals surface area contributed by atoms with Crippen LogP contribution in [0.4, 0.5) is 11.4 Å². The van der Waals surface area contributed by atoms with Crippen molar-refractivity contribution >= 4 is 39.1 Å². The fraction of sp³-hybridized carbons (Fsp3) is 0.176. The normalized spacial score (nSPS) is 10.0. The van der Waals surface area contributed by atoms with Gasteiger partial charge in [-0.1, -0.05) is 15.9 Å². The predicted molar refractivity (Wildman–Crippen MR) is 95.9 cm³/mol. The molecule has 6 nitrogen and oxygen atoms in total. The van der Waals surface area contributed by atoms with E-state index >= 15 is 0 Å². The van der Waals surface area contributed by atoms with Crippen molar-refractivity contribution in [3.05, 3.63) is 46.4 Å². The smallest absolute Gasteiger partial charge is 0.257 e. The van der Waals surface area contributed by atoms with Gasteiger partial charge in [0.15, 0.2) is 0 Å². The zero-order chi connectivity index (χ0) is 17.7. The summed E-state index contributed by atoms with van der Waals surface area (Å²) >= 11 is 3.32. The van der Waals surface area contributed by atoms with Crippen molar-refractivity contribution in [3.8, 4) is 11.5 Å². The van der Waals surface area contributed by atoms with Crippen LogP contribution in [0.1, 0.15) is 17.3 Å². The molecule has 0 aliphatic rings. The number of anilines is 2. The molecule has 2 N–H and O–H groups in total. The summed E-state index contributed by atoms with van der Waals surface area (Å²) in [6.07, 6.45) is 0. The number of hydrogen-bond donors (Lipinski definition) is 2. The average Bonchev–Trinajstić information content (AvgIpc) is 2.53. The predicted octanol–water partition coefficient (Wildman–Crippen LogP) is 3.68. The third kappa shape index (κ3) is 4.48. The van der Waals surface area contributed by atoms with Gasteiger partial charge in [0.1, 0.15) is 11.5 Å². The van der Waals surface area contributed by atoms with E-state index in [4.69, 9.17) is 9.47 Å². The summed E-state index contributed by atoms with van der Waals surface area (Å²) in [6.45, 7) is 1.38. The molecule has 0 unspecified atom stereocenters. The number of halogens is 1. The molecule has 0 atom stereocenters. The molecular formula is C17H17BrN2O4. The van der Waals surface area contributed by atoms with Gasteiger partial charge < -0.3 is 20.1 Å². The molecule has 2 rings (SSSR count). The second-order valence-corrected chi connectivity index (χ2v) is 5.84. The molecule has 0 saturated heterocycles. The minimum absolute atomic E-state index is 0.259. The van der Waals surface area contributed by atoms with Crippen LogP contribution in [0.15, 0.2) is 40.9 Å². The molecule has 0 aromatic heterocycles. The molecule has 0 aliphatic carbocycles. The SMILES string of the molecule is COc1cc(NC(=O)c2ccc(Br)cc2NC(C)=O)cc(OC)c1. The van der Waals surface area contributed by atoms with Crippen LogP contribution in [0.3, 0.4) is 0 Å². The number of methoxy groups -OCH3 is 2. The van der Waals surface area contributed by atoms with Gasteiger partial charge in [0.05, 0.1) is 25.5 Å². The van der Waals surface area contributed by atoms with Crippen molar-refractivity contribution in [2.45, 2.75) is 6.92 Å². The molecule has 2 aromatic rings. The van der Waals surface area contributed by atoms with Crippen molar-refractivity contribution in [1.29, 1.82) is 0 Å². The number of ether oxygens (including phenoxy) is 2. The first-order chi connectivity index (χ1) is 11.4. The fourth-order valence-electron chi connectivity index (χ4n) is 2.09. The van der Waals surface area contributed by atoms with Crippen LogP contribution >= 0.6 is 15.9 Å². The lowest BCUT2D eigenvalue weighted by molar-refractivity contribution is -0.114. The van der Waals surface area contributed by atoms with Gasteiger partial charge in [-0.05, 0) is 18.2 Å². The number of carbonyl (C=O) groups excluding carboxylic acids is 2. The zero-order valence-electron chi connectivity index (χ0n) is 13.5. The lowest BCUT2D eigenvalue weighted by atomic mass is 10.1. The minimum atomic E-state index is -0.360. The third-order valence-electron chi connectivity index (χ3n) is 3.15. The first kappa shape index (κ1) is 17.8. The Morgan fingerprint density at radius 2 is 1.58 bits per heavy atom. The minimum Gasteiger partial charge on any atom is -0.497 e. The van der Waals surface area contributed by atoms with Gasteiger partial charge in [0.2, 0.25) is 5.91 Å². The second-order valence-electron chi connectivity index (χ2n) is 4.93. The number of hydrogen-bond acceptors (Lipinski definition) is 4. The van der Waals surface area contributed by atoms with E-state index in [1.807, 2.05) is 0 Å². The number of nitrogens with one attached hydrogen (secondary N) is 2. The zero-order valence-corrected chi connectivity index (χ0v) is 15.1. The maximum absolute atomic E-state index is 12.6. The van der Waals surface area contributed by atoms with Gasteiger partial charge in [-0.3, -0.25) is 9.59 Å². The summed E-state index contributed by atoms with van der Waals surface area (Å²) in [7, 11) is 3.06. The molecule has 0 spiro atoms. The Kier molecular flexibility index (Phi) is 5.81. The Labute approximate surface area is 148 Å². The van der Waals surface area contributed by atoms with Gasteiger partial charge in [-0.15, -0.1) is 0 Å². The number of rotatable bonds is 5. The first-order valence-electron chi connectivity index (χ1n) is 7.04. The molecular weight excluding hydrogens is 376 g/mol. The van der Waals surface area contributed by atoms with E-state index in [1.54, 1.807) is 36.4 Å². The Balaban J connectivity index is 2.31. The van der Waals surface area contributed by atoms with Crippen LogP contribution in [-0.4, -0.2) is 26.0 Å². The fourth-order valence-corrected chi connectivity index (χ4v) is 2.45. The highest BCUT2D eigenvalue weighted by Gasteiger charge is 2.14. The van der Waals surface area contributed by atoms with Crippen LogP contribution in [0.25, 0.3) is 0 Å². The highest BCUT2D eigenvalue weighted by Crippen LogP contribution is 2.27. The van der Waals surface area contributed by atoms with Gasteiger partial charge in [0, 0.05) is 35.3 Å². The Morgan fingerprint density at radius 1 is 0.958 bits per heavy atom. The number of benzene rings is 2. The quantitative estimate of drug-likeness (QED) is 0.813. The topological polar surface area (TPSA) is 76.7 Å². The Bertz CT molecular complexity index is 755. The van der Waals surface area contributed by atoms with Crippen molar-refractivity contribution in [1.82, 2.24) is 0 Å². The maximum atomic E-state index is 12.6. The van der Waals surface area contributed by atoms with Crippen molar-refractivity contribution in [3.63, 3.8) is 0 Å². The lowest BCUT2D eigenvalue weighted by Crippen LogP contribution is -2.16. The summed E-state index contributed by atoms with van der Waals surface area (Å²) in [5, 5.41) is 5.42. The molecule has 0 heterocycles. The van der Waals surface area contributed by atoms with E-state index in [0.717, 1.165) is 4.47 Å². The van der Waals surface area contributed by atoms with E-state index in [1.165, 1.54) is 21.1 Å². The molecule has 126 valence electrons. The highest BCUT2D eigenvalue weighted by molar-refractivity contribution is 9.10. The van der Waals surface area contributed by atoms with Crippen LogP contribution in [-0.2, 0) is 4.79 Å². The Morgan fingerprint density at radius 3 is 2.12 bits per heavy atom. The Hall–Kier alpha value is -2.54. The summed E-state index contributed by atoms with van der Waals surface area (Å²) in [4.78, 5) is 23.9. The van der Waals surface area contributed by atoms with E-state index in [0.29, 0.717) is 28.4 Å². The molecule has 24 heavy (non-hydrogen) atoms. The molecule has 0 bridgehead atoms. The van der Waals surface area contributed by atoms with Crippen LogP contribution in [0.5, 0.6) is 11.5 Å². The molecule has 0 saturated carbocycles. The largest absolute Gasteiger partial charge is 0.497 e. The molecule has 0 radical (unpaired) electrons. The summed E-state index contributed by atoms with van der Waals surface area (Å²) in [6, 6.07) is 10.1. The van der Waals surface area contributed by atoms with Gasteiger partial charge in [-0.25, -0.2) is 0 Å². The summed E-state index contributed by atoms with van der Waals surface area (Å²) in [5.74, 6) is 0.497. The lowest BCUT2D eigenvalue weighted by Gasteiger charge is -2.13. The second kappa shape index (κ2) is 7.83. The van der Waals surface area contributed by atoms with E-state index in [9.17, 15) is 9.59 Å². The standard InChI is InChI=1S/C17H17BrN2O4/c1-10(21)19-16-6-11(18)4-5-15(16)17(22)20-12-7-13(23-2)9-14(8-12)24-3/h4-9H,1-3H3,(H,19,21)(H,20,22). The summed E-state index contributed by atoms with van der Waals surface area (Å²) in [5.41, 5.74) is 1.28. The van der Waals surface area contributed by atoms with Crippen molar-refractivity contribution in [2.24, 2.45) is 0 Å². The average molecular weight is 393 g/mol. The van der Waals surface area contributed by atoms with E-state index < -0.39 is 0 Å². The number of amides is 2. The van der Waals surface area contributed by atoms with Gasteiger partial charge in [-0.2, -0.15) is 0 Å². The molecule has 7 heteroatoms. The van der Waals surface area contributed by atoms with Crippen molar-refractivity contribution < 1.29 is 19.1 Å².